The molecule has 1 N–H and O–H groups in total. The molecule has 2 aromatic rings. The summed E-state index contributed by atoms with van der Waals surface area (Å²) in [4.78, 5) is 37.3. The van der Waals surface area contributed by atoms with Crippen molar-refractivity contribution in [3.63, 3.8) is 0 Å². The minimum Gasteiger partial charge on any atom is -0.493 e. The number of aliphatic carboxylic acids is 1. The fourth-order valence-corrected chi connectivity index (χ4v) is 3.69. The van der Waals surface area contributed by atoms with E-state index in [1.54, 1.807) is 42.5 Å². The number of para-hydroxylation sites is 1. The molecular weight excluding hydrogens is 418 g/mol. The van der Waals surface area contributed by atoms with Crippen molar-refractivity contribution in [2.75, 3.05) is 13.7 Å². The zero-order chi connectivity index (χ0) is 21.0. The van der Waals surface area contributed by atoms with E-state index in [9.17, 15) is 14.4 Å². The van der Waals surface area contributed by atoms with Gasteiger partial charge in [-0.2, -0.15) is 0 Å². The van der Waals surface area contributed by atoms with Crippen LogP contribution in [0.3, 0.4) is 0 Å². The molecule has 0 aromatic heterocycles. The molecular formula is C20H16ClNO6S. The molecule has 2 amide bonds. The predicted molar refractivity (Wildman–Crippen MR) is 109 cm³/mol. The van der Waals surface area contributed by atoms with E-state index in [1.807, 2.05) is 0 Å². The first-order chi connectivity index (χ1) is 13.9. The molecule has 0 aliphatic carbocycles. The number of rotatable bonds is 7. The second-order valence-corrected chi connectivity index (χ2v) is 7.32. The van der Waals surface area contributed by atoms with Crippen LogP contribution in [0.1, 0.15) is 11.1 Å². The maximum atomic E-state index is 12.8. The Morgan fingerprint density at radius 3 is 2.66 bits per heavy atom. The molecule has 0 saturated carbocycles. The standard InChI is InChI=1S/C20H16ClNO6S/c1-27-15-8-4-6-12(18(15)28-11-17(23)24)9-16-19(25)22(20(26)29-16)10-13-5-2-3-7-14(13)21/h2-9H,10-11H2,1H3,(H,23,24)/b16-9+. The van der Waals surface area contributed by atoms with Crippen LogP contribution in [0.5, 0.6) is 11.5 Å². The molecule has 0 atom stereocenters. The van der Waals surface area contributed by atoms with Gasteiger partial charge in [-0.05, 0) is 35.5 Å². The summed E-state index contributed by atoms with van der Waals surface area (Å²) in [7, 11) is 1.42. The second kappa shape index (κ2) is 9.02. The topological polar surface area (TPSA) is 93.1 Å². The lowest BCUT2D eigenvalue weighted by Crippen LogP contribution is -2.27. The van der Waals surface area contributed by atoms with Gasteiger partial charge in [0.05, 0.1) is 18.6 Å². The van der Waals surface area contributed by atoms with Crippen LogP contribution in [-0.2, 0) is 16.1 Å². The van der Waals surface area contributed by atoms with Gasteiger partial charge in [0.25, 0.3) is 11.1 Å². The number of benzene rings is 2. The molecule has 0 bridgehead atoms. The molecule has 1 aliphatic rings. The van der Waals surface area contributed by atoms with Gasteiger partial charge in [0.15, 0.2) is 18.1 Å². The van der Waals surface area contributed by atoms with E-state index in [1.165, 1.54) is 13.2 Å². The SMILES string of the molecule is COc1cccc(/C=C2/SC(=O)N(Cc3ccccc3Cl)C2=O)c1OCC(=O)O. The van der Waals surface area contributed by atoms with Gasteiger partial charge in [0, 0.05) is 10.6 Å². The van der Waals surface area contributed by atoms with Gasteiger partial charge < -0.3 is 14.6 Å². The van der Waals surface area contributed by atoms with Gasteiger partial charge in [0.1, 0.15) is 0 Å². The van der Waals surface area contributed by atoms with Crippen LogP contribution in [-0.4, -0.2) is 40.8 Å². The number of thioether (sulfide) groups is 1. The van der Waals surface area contributed by atoms with Crippen molar-refractivity contribution in [1.29, 1.82) is 0 Å². The Kier molecular flexibility index (Phi) is 6.46. The Labute approximate surface area is 175 Å². The minimum atomic E-state index is -1.15. The number of methoxy groups -OCH3 is 1. The lowest BCUT2D eigenvalue weighted by molar-refractivity contribution is -0.139. The van der Waals surface area contributed by atoms with Crippen molar-refractivity contribution in [2.45, 2.75) is 6.54 Å². The van der Waals surface area contributed by atoms with Crippen LogP contribution >= 0.6 is 23.4 Å². The molecule has 0 unspecified atom stereocenters. The Balaban J connectivity index is 1.89. The Hall–Kier alpha value is -2.97. The number of amides is 2. The lowest BCUT2D eigenvalue weighted by atomic mass is 10.1. The molecule has 3 rings (SSSR count). The molecule has 1 saturated heterocycles. The molecule has 29 heavy (non-hydrogen) atoms. The molecule has 1 heterocycles. The third-order valence-corrected chi connectivity index (χ3v) is 5.29. The minimum absolute atomic E-state index is 0.0577. The van der Waals surface area contributed by atoms with Crippen molar-refractivity contribution in [3.05, 3.63) is 63.5 Å². The molecule has 2 aromatic carbocycles. The number of hydrogen-bond acceptors (Lipinski definition) is 6. The van der Waals surface area contributed by atoms with Crippen LogP contribution in [0.2, 0.25) is 5.02 Å². The number of carbonyl (C=O) groups excluding carboxylic acids is 2. The van der Waals surface area contributed by atoms with Crippen LogP contribution < -0.4 is 9.47 Å². The molecule has 1 aliphatic heterocycles. The Morgan fingerprint density at radius 1 is 1.21 bits per heavy atom. The predicted octanol–water partition coefficient (Wildman–Crippen LogP) is 4.05. The highest BCUT2D eigenvalue weighted by molar-refractivity contribution is 8.18. The van der Waals surface area contributed by atoms with E-state index < -0.39 is 23.7 Å². The van der Waals surface area contributed by atoms with E-state index in [4.69, 9.17) is 26.2 Å². The average molecular weight is 434 g/mol. The van der Waals surface area contributed by atoms with E-state index in [0.717, 1.165) is 16.7 Å². The van der Waals surface area contributed by atoms with E-state index in [0.29, 0.717) is 21.9 Å². The van der Waals surface area contributed by atoms with Gasteiger partial charge in [-0.15, -0.1) is 0 Å². The number of imide groups is 1. The third-order valence-electron chi connectivity index (χ3n) is 4.02. The summed E-state index contributed by atoms with van der Waals surface area (Å²) in [5.74, 6) is -1.13. The number of hydrogen-bond donors (Lipinski definition) is 1. The van der Waals surface area contributed by atoms with Crippen LogP contribution in [0, 0.1) is 0 Å². The lowest BCUT2D eigenvalue weighted by Gasteiger charge is -2.14. The maximum absolute atomic E-state index is 12.8. The highest BCUT2D eigenvalue weighted by Crippen LogP contribution is 2.38. The number of halogens is 1. The first kappa shape index (κ1) is 20.8. The summed E-state index contributed by atoms with van der Waals surface area (Å²) < 4.78 is 10.5. The van der Waals surface area contributed by atoms with Gasteiger partial charge in [-0.3, -0.25) is 14.5 Å². The van der Waals surface area contributed by atoms with E-state index in [-0.39, 0.29) is 17.2 Å². The average Bonchev–Trinajstić information content (AvgIpc) is 2.95. The number of carbonyl (C=O) groups is 3. The fraction of sp³-hybridized carbons (Fsp3) is 0.150. The van der Waals surface area contributed by atoms with Crippen LogP contribution in [0.15, 0.2) is 47.4 Å². The number of nitrogens with zero attached hydrogens (tertiary/aromatic N) is 1. The van der Waals surface area contributed by atoms with Crippen LogP contribution in [0.25, 0.3) is 6.08 Å². The zero-order valence-corrected chi connectivity index (χ0v) is 16.8. The number of carboxylic acids is 1. The maximum Gasteiger partial charge on any atom is 0.341 e. The van der Waals surface area contributed by atoms with Crippen molar-refractivity contribution in [1.82, 2.24) is 4.90 Å². The summed E-state index contributed by atoms with van der Waals surface area (Å²) >= 11 is 6.92. The summed E-state index contributed by atoms with van der Waals surface area (Å²) in [6, 6.07) is 11.9. The van der Waals surface area contributed by atoms with E-state index >= 15 is 0 Å². The molecule has 150 valence electrons. The molecule has 0 radical (unpaired) electrons. The summed E-state index contributed by atoms with van der Waals surface area (Å²) in [5.41, 5.74) is 1.08. The smallest absolute Gasteiger partial charge is 0.341 e. The number of ether oxygens (including phenoxy) is 2. The monoisotopic (exact) mass is 433 g/mol. The first-order valence-electron chi connectivity index (χ1n) is 8.41. The zero-order valence-electron chi connectivity index (χ0n) is 15.3. The van der Waals surface area contributed by atoms with E-state index in [2.05, 4.69) is 0 Å². The summed E-state index contributed by atoms with van der Waals surface area (Å²) in [6.45, 7) is -0.517. The Morgan fingerprint density at radius 2 is 1.97 bits per heavy atom. The molecule has 1 fully saturated rings. The first-order valence-corrected chi connectivity index (χ1v) is 9.60. The third kappa shape index (κ3) is 4.72. The number of carboxylic acid groups (broad SMARTS) is 1. The molecule has 0 spiro atoms. The highest BCUT2D eigenvalue weighted by atomic mass is 35.5. The Bertz CT molecular complexity index is 1010. The summed E-state index contributed by atoms with van der Waals surface area (Å²) in [5, 5.41) is 8.93. The normalized spacial score (nSPS) is 15.1. The van der Waals surface area contributed by atoms with Crippen LogP contribution in [0.4, 0.5) is 4.79 Å². The quantitative estimate of drug-likeness (QED) is 0.658. The van der Waals surface area contributed by atoms with Gasteiger partial charge in [-0.1, -0.05) is 41.9 Å². The summed E-state index contributed by atoms with van der Waals surface area (Å²) in [6.07, 6.45) is 1.48. The van der Waals surface area contributed by atoms with Crippen molar-refractivity contribution < 1.29 is 29.0 Å². The fourth-order valence-electron chi connectivity index (χ4n) is 2.67. The largest absolute Gasteiger partial charge is 0.493 e. The molecule has 9 heteroatoms. The van der Waals surface area contributed by atoms with Gasteiger partial charge >= 0.3 is 5.97 Å². The second-order valence-electron chi connectivity index (χ2n) is 5.92. The highest BCUT2D eigenvalue weighted by Gasteiger charge is 2.35. The van der Waals surface area contributed by atoms with Crippen molar-refractivity contribution >= 4 is 46.6 Å². The van der Waals surface area contributed by atoms with Crippen molar-refractivity contribution in [2.24, 2.45) is 0 Å². The van der Waals surface area contributed by atoms with Gasteiger partial charge in [0.2, 0.25) is 0 Å². The van der Waals surface area contributed by atoms with Gasteiger partial charge in [-0.25, -0.2) is 4.79 Å². The van der Waals surface area contributed by atoms with Crippen molar-refractivity contribution in [3.8, 4) is 11.5 Å². The molecule has 7 nitrogen and oxygen atoms in total.